The Labute approximate surface area is 161 Å². The molecule has 2 aromatic carbocycles. The Morgan fingerprint density at radius 2 is 2.00 bits per heavy atom. The number of aliphatic carboxylic acids is 1. The molecule has 7 heteroatoms. The van der Waals surface area contributed by atoms with E-state index in [-0.39, 0.29) is 11.4 Å². The van der Waals surface area contributed by atoms with E-state index < -0.39 is 35.8 Å². The molecule has 3 atom stereocenters. The Morgan fingerprint density at radius 1 is 1.26 bits per heavy atom. The van der Waals surface area contributed by atoms with Gasteiger partial charge in [-0.15, -0.1) is 0 Å². The third-order valence-corrected chi connectivity index (χ3v) is 4.90. The second-order valence-electron chi connectivity index (χ2n) is 6.45. The molecule has 0 spiro atoms. The van der Waals surface area contributed by atoms with Gasteiger partial charge in [0.25, 0.3) is 0 Å². The van der Waals surface area contributed by atoms with Crippen molar-refractivity contribution in [1.29, 1.82) is 0 Å². The molecule has 142 valence electrons. The van der Waals surface area contributed by atoms with Crippen molar-refractivity contribution in [2.45, 2.75) is 25.0 Å². The van der Waals surface area contributed by atoms with Crippen LogP contribution in [0.4, 0.5) is 4.39 Å². The van der Waals surface area contributed by atoms with Crippen molar-refractivity contribution < 1.29 is 23.8 Å². The molecular weight excluding hydrogens is 373 g/mol. The van der Waals surface area contributed by atoms with Crippen LogP contribution >= 0.6 is 11.6 Å². The van der Waals surface area contributed by atoms with Crippen LogP contribution < -0.4 is 5.32 Å². The predicted molar refractivity (Wildman–Crippen MR) is 97.9 cm³/mol. The molecule has 3 rings (SSSR count). The highest BCUT2D eigenvalue weighted by molar-refractivity contribution is 6.30. The van der Waals surface area contributed by atoms with Gasteiger partial charge in [-0.1, -0.05) is 48.0 Å². The number of benzene rings is 2. The molecule has 0 aromatic heterocycles. The van der Waals surface area contributed by atoms with Crippen LogP contribution in [0, 0.1) is 11.7 Å². The fourth-order valence-corrected chi connectivity index (χ4v) is 3.32. The molecule has 27 heavy (non-hydrogen) atoms. The lowest BCUT2D eigenvalue weighted by molar-refractivity contribution is -0.142. The van der Waals surface area contributed by atoms with Crippen molar-refractivity contribution in [3.63, 3.8) is 0 Å². The molecule has 1 aliphatic rings. The number of rotatable bonds is 6. The first kappa shape index (κ1) is 19.3. The van der Waals surface area contributed by atoms with Gasteiger partial charge in [-0.3, -0.25) is 4.79 Å². The molecule has 5 nitrogen and oxygen atoms in total. The van der Waals surface area contributed by atoms with E-state index in [2.05, 4.69) is 5.32 Å². The molecule has 0 bridgehead atoms. The highest BCUT2D eigenvalue weighted by Crippen LogP contribution is 2.36. The Hall–Kier alpha value is -2.44. The topological polar surface area (TPSA) is 75.6 Å². The van der Waals surface area contributed by atoms with Crippen LogP contribution in [0.25, 0.3) is 0 Å². The number of ether oxygens (including phenoxy) is 1. The maximum atomic E-state index is 13.8. The first-order valence-corrected chi connectivity index (χ1v) is 8.97. The summed E-state index contributed by atoms with van der Waals surface area (Å²) >= 11 is 5.71. The Kier molecular flexibility index (Phi) is 6.08. The minimum absolute atomic E-state index is 0.00782. The fraction of sp³-hybridized carbons (Fsp3) is 0.300. The van der Waals surface area contributed by atoms with Crippen LogP contribution in [0.1, 0.15) is 23.7 Å². The molecule has 1 fully saturated rings. The molecule has 2 N–H and O–H groups in total. The SMILES string of the molecule is O=C(O)C(Cc1ccccc1)NC(=O)[C@@H]1CCO[C@H]1c1ccc(Cl)c(F)c1. The number of carbonyl (C=O) groups excluding carboxylic acids is 1. The van der Waals surface area contributed by atoms with Gasteiger partial charge in [0.05, 0.1) is 17.0 Å². The first-order chi connectivity index (χ1) is 13.0. The largest absolute Gasteiger partial charge is 0.480 e. The van der Waals surface area contributed by atoms with E-state index in [0.717, 1.165) is 5.56 Å². The number of carbonyl (C=O) groups is 2. The number of carboxylic acids is 1. The minimum Gasteiger partial charge on any atom is -0.480 e. The molecule has 2 aromatic rings. The van der Waals surface area contributed by atoms with Crippen molar-refractivity contribution in [3.8, 4) is 0 Å². The fourth-order valence-electron chi connectivity index (χ4n) is 3.20. The molecule has 0 radical (unpaired) electrons. The van der Waals surface area contributed by atoms with E-state index in [1.54, 1.807) is 18.2 Å². The van der Waals surface area contributed by atoms with Gasteiger partial charge < -0.3 is 15.2 Å². The summed E-state index contributed by atoms with van der Waals surface area (Å²) in [7, 11) is 0. The van der Waals surface area contributed by atoms with Gasteiger partial charge in [-0.2, -0.15) is 0 Å². The second-order valence-corrected chi connectivity index (χ2v) is 6.86. The van der Waals surface area contributed by atoms with Crippen LogP contribution in [0.3, 0.4) is 0 Å². The second kappa shape index (κ2) is 8.50. The summed E-state index contributed by atoms with van der Waals surface area (Å²) in [6, 6.07) is 12.3. The van der Waals surface area contributed by atoms with Gasteiger partial charge in [0.1, 0.15) is 11.9 Å². The van der Waals surface area contributed by atoms with Crippen molar-refractivity contribution >= 4 is 23.5 Å². The van der Waals surface area contributed by atoms with Crippen molar-refractivity contribution in [3.05, 3.63) is 70.5 Å². The van der Waals surface area contributed by atoms with E-state index in [1.165, 1.54) is 12.1 Å². The average Bonchev–Trinajstić information content (AvgIpc) is 3.14. The third-order valence-electron chi connectivity index (χ3n) is 4.60. The Balaban J connectivity index is 1.72. The normalized spacial score (nSPS) is 20.2. The third kappa shape index (κ3) is 4.64. The van der Waals surface area contributed by atoms with Gasteiger partial charge in [0.2, 0.25) is 5.91 Å². The Bertz CT molecular complexity index is 830. The summed E-state index contributed by atoms with van der Waals surface area (Å²) in [6.07, 6.45) is -0.0309. The molecule has 0 saturated carbocycles. The summed E-state index contributed by atoms with van der Waals surface area (Å²) in [6.45, 7) is 0.337. The lowest BCUT2D eigenvalue weighted by atomic mass is 9.93. The van der Waals surface area contributed by atoms with Gasteiger partial charge in [0.15, 0.2) is 0 Å². The van der Waals surface area contributed by atoms with Crippen molar-refractivity contribution in [2.75, 3.05) is 6.61 Å². The number of nitrogens with one attached hydrogen (secondary N) is 1. The highest BCUT2D eigenvalue weighted by atomic mass is 35.5. The van der Waals surface area contributed by atoms with E-state index >= 15 is 0 Å². The number of carboxylic acid groups (broad SMARTS) is 1. The Morgan fingerprint density at radius 3 is 2.67 bits per heavy atom. The molecule has 1 aliphatic heterocycles. The zero-order valence-corrected chi connectivity index (χ0v) is 15.2. The maximum absolute atomic E-state index is 13.8. The molecule has 1 saturated heterocycles. The van der Waals surface area contributed by atoms with Gasteiger partial charge in [-0.25, -0.2) is 9.18 Å². The predicted octanol–water partition coefficient (Wildman–Crippen LogP) is 3.37. The van der Waals surface area contributed by atoms with E-state index in [0.29, 0.717) is 18.6 Å². The summed E-state index contributed by atoms with van der Waals surface area (Å²) in [4.78, 5) is 24.3. The highest BCUT2D eigenvalue weighted by Gasteiger charge is 2.37. The zero-order valence-electron chi connectivity index (χ0n) is 14.4. The summed E-state index contributed by atoms with van der Waals surface area (Å²) in [5, 5.41) is 12.1. The van der Waals surface area contributed by atoms with Gasteiger partial charge >= 0.3 is 5.97 Å². The van der Waals surface area contributed by atoms with Crippen molar-refractivity contribution in [2.24, 2.45) is 5.92 Å². The lowest BCUT2D eigenvalue weighted by Crippen LogP contribution is -2.45. The first-order valence-electron chi connectivity index (χ1n) is 8.59. The molecule has 1 unspecified atom stereocenters. The van der Waals surface area contributed by atoms with Crippen LogP contribution in [0.15, 0.2) is 48.5 Å². The number of amides is 1. The quantitative estimate of drug-likeness (QED) is 0.791. The summed E-state index contributed by atoms with van der Waals surface area (Å²) in [5.41, 5.74) is 1.31. The average molecular weight is 392 g/mol. The molecular formula is C20H19ClFNO4. The van der Waals surface area contributed by atoms with Crippen LogP contribution in [0.2, 0.25) is 5.02 Å². The molecule has 1 amide bonds. The standard InChI is InChI=1S/C20H19ClFNO4/c21-15-7-6-13(11-16(15)22)18-14(8-9-27-18)19(24)23-17(20(25)26)10-12-4-2-1-3-5-12/h1-7,11,14,17-18H,8-10H2,(H,23,24)(H,25,26)/t14-,17?,18+/m1/s1. The lowest BCUT2D eigenvalue weighted by Gasteiger charge is -2.21. The van der Waals surface area contributed by atoms with Gasteiger partial charge in [-0.05, 0) is 29.7 Å². The summed E-state index contributed by atoms with van der Waals surface area (Å²) in [5.74, 6) is -2.71. The van der Waals surface area contributed by atoms with E-state index in [1.807, 2.05) is 18.2 Å². The van der Waals surface area contributed by atoms with Crippen LogP contribution in [-0.2, 0) is 20.7 Å². The number of halogens is 2. The zero-order chi connectivity index (χ0) is 19.4. The van der Waals surface area contributed by atoms with Crippen molar-refractivity contribution in [1.82, 2.24) is 5.32 Å². The van der Waals surface area contributed by atoms with Crippen LogP contribution in [-0.4, -0.2) is 29.6 Å². The smallest absolute Gasteiger partial charge is 0.326 e. The summed E-state index contributed by atoms with van der Waals surface area (Å²) < 4.78 is 19.4. The maximum Gasteiger partial charge on any atom is 0.326 e. The minimum atomic E-state index is -1.11. The van der Waals surface area contributed by atoms with Crippen LogP contribution in [0.5, 0.6) is 0 Å². The molecule has 0 aliphatic carbocycles. The van der Waals surface area contributed by atoms with E-state index in [9.17, 15) is 19.1 Å². The number of hydrogen-bond acceptors (Lipinski definition) is 3. The van der Waals surface area contributed by atoms with E-state index in [4.69, 9.17) is 16.3 Å². The monoisotopic (exact) mass is 391 g/mol. The van der Waals surface area contributed by atoms with Gasteiger partial charge in [0, 0.05) is 13.0 Å². The molecule has 1 heterocycles. The number of hydrogen-bond donors (Lipinski definition) is 2.